The fourth-order valence-corrected chi connectivity index (χ4v) is 4.92. The maximum Gasteiger partial charge on any atom is 0.255 e. The van der Waals surface area contributed by atoms with Crippen LogP contribution in [0, 0.1) is 6.92 Å². The van der Waals surface area contributed by atoms with Crippen molar-refractivity contribution in [3.8, 4) is 11.5 Å². The van der Waals surface area contributed by atoms with Crippen LogP contribution in [0.2, 0.25) is 0 Å². The minimum atomic E-state index is -0.908. The van der Waals surface area contributed by atoms with Crippen molar-refractivity contribution in [1.82, 2.24) is 10.2 Å². The number of benzene rings is 2. The van der Waals surface area contributed by atoms with Gasteiger partial charge in [0.1, 0.15) is 17.5 Å². The van der Waals surface area contributed by atoms with Crippen LogP contribution >= 0.6 is 0 Å². The van der Waals surface area contributed by atoms with E-state index in [0.717, 1.165) is 31.2 Å². The monoisotopic (exact) mass is 465 g/mol. The summed E-state index contributed by atoms with van der Waals surface area (Å²) in [5.74, 6) is 0.0419. The number of nitrogens with zero attached hydrogens (tertiary/aromatic N) is 1. The average molecular weight is 466 g/mol. The number of aryl methyl sites for hydroxylation is 1. The predicted octanol–water partition coefficient (Wildman–Crippen LogP) is 3.29. The molecule has 1 aliphatic heterocycles. The van der Waals surface area contributed by atoms with Crippen molar-refractivity contribution in [1.29, 1.82) is 0 Å². The highest BCUT2D eigenvalue weighted by atomic mass is 16.5. The Morgan fingerprint density at radius 1 is 1.06 bits per heavy atom. The molecule has 8 heteroatoms. The van der Waals surface area contributed by atoms with Crippen LogP contribution in [0.3, 0.4) is 0 Å². The minimum absolute atomic E-state index is 0.117. The third-order valence-corrected chi connectivity index (χ3v) is 6.57. The zero-order valence-electron chi connectivity index (χ0n) is 19.8. The molecule has 34 heavy (non-hydrogen) atoms. The van der Waals surface area contributed by atoms with Gasteiger partial charge in [-0.1, -0.05) is 25.0 Å². The molecule has 8 nitrogen and oxygen atoms in total. The molecular formula is C26H31N3O5. The lowest BCUT2D eigenvalue weighted by Crippen LogP contribution is -2.68. The van der Waals surface area contributed by atoms with Crippen LogP contribution in [0.5, 0.6) is 11.5 Å². The summed E-state index contributed by atoms with van der Waals surface area (Å²) in [7, 11) is 3.04. The van der Waals surface area contributed by atoms with E-state index in [0.29, 0.717) is 22.7 Å². The van der Waals surface area contributed by atoms with Gasteiger partial charge in [-0.25, -0.2) is 0 Å². The van der Waals surface area contributed by atoms with Gasteiger partial charge in [0.2, 0.25) is 11.8 Å². The first-order valence-corrected chi connectivity index (χ1v) is 11.6. The summed E-state index contributed by atoms with van der Waals surface area (Å²) in [4.78, 5) is 41.5. The van der Waals surface area contributed by atoms with Crippen molar-refractivity contribution >= 4 is 23.4 Å². The van der Waals surface area contributed by atoms with E-state index in [4.69, 9.17) is 9.47 Å². The Labute approximate surface area is 199 Å². The van der Waals surface area contributed by atoms with E-state index in [1.165, 1.54) is 14.2 Å². The Morgan fingerprint density at radius 3 is 2.44 bits per heavy atom. The lowest BCUT2D eigenvalue weighted by molar-refractivity contribution is -0.135. The van der Waals surface area contributed by atoms with Gasteiger partial charge in [0.15, 0.2) is 0 Å². The molecule has 4 rings (SSSR count). The molecule has 0 radical (unpaired) electrons. The molecule has 2 aliphatic rings. The molecule has 2 aromatic carbocycles. The van der Waals surface area contributed by atoms with Crippen molar-refractivity contribution in [3.63, 3.8) is 0 Å². The second-order valence-electron chi connectivity index (χ2n) is 8.92. The molecule has 1 aliphatic carbocycles. The number of carbonyl (C=O) groups excluding carboxylic acids is 3. The second-order valence-corrected chi connectivity index (χ2v) is 8.92. The molecule has 2 fully saturated rings. The Bertz CT molecular complexity index is 1060. The van der Waals surface area contributed by atoms with Crippen molar-refractivity contribution < 1.29 is 23.9 Å². The van der Waals surface area contributed by atoms with Gasteiger partial charge in [0, 0.05) is 23.4 Å². The van der Waals surface area contributed by atoms with E-state index in [2.05, 4.69) is 10.6 Å². The molecule has 0 bridgehead atoms. The number of anilines is 1. The maximum absolute atomic E-state index is 13.8. The summed E-state index contributed by atoms with van der Waals surface area (Å²) in [5.41, 5.74) is 2.04. The first kappa shape index (κ1) is 23.6. The van der Waals surface area contributed by atoms with Crippen molar-refractivity contribution in [2.75, 3.05) is 19.5 Å². The fourth-order valence-electron chi connectivity index (χ4n) is 4.92. The Morgan fingerprint density at radius 2 is 1.76 bits per heavy atom. The number of ether oxygens (including phenoxy) is 2. The molecule has 3 atom stereocenters. The third-order valence-electron chi connectivity index (χ3n) is 6.57. The zero-order chi connectivity index (χ0) is 24.2. The van der Waals surface area contributed by atoms with E-state index in [9.17, 15) is 14.4 Å². The standard InChI is InChI=1S/C26H31N3O5/c1-16-7-6-8-18(11-16)27-24(30)15-23-25(31)28-21-9-4-5-10-22(21)29(23)26(32)17-12-19(33-2)14-20(13-17)34-3/h6-8,11-14,21-23H,4-5,9-10,15H2,1-3H3,(H,27,30)(H,28,31)/t21-,22+,23+/m0/s1. The highest BCUT2D eigenvalue weighted by Crippen LogP contribution is 2.32. The van der Waals surface area contributed by atoms with Crippen LogP contribution in [0.15, 0.2) is 42.5 Å². The van der Waals surface area contributed by atoms with E-state index in [-0.39, 0.29) is 36.2 Å². The average Bonchev–Trinajstić information content (AvgIpc) is 2.83. The first-order valence-electron chi connectivity index (χ1n) is 11.6. The Balaban J connectivity index is 1.64. The topological polar surface area (TPSA) is 97.0 Å². The second kappa shape index (κ2) is 10.2. The van der Waals surface area contributed by atoms with Crippen molar-refractivity contribution in [2.45, 2.75) is 57.2 Å². The number of carbonyl (C=O) groups is 3. The van der Waals surface area contributed by atoms with Crippen molar-refractivity contribution in [3.05, 3.63) is 53.6 Å². The van der Waals surface area contributed by atoms with Crippen LogP contribution in [0.25, 0.3) is 0 Å². The normalized spacial score (nSPS) is 21.8. The molecule has 1 heterocycles. The Hall–Kier alpha value is -3.55. The highest BCUT2D eigenvalue weighted by Gasteiger charge is 2.46. The quantitative estimate of drug-likeness (QED) is 0.682. The first-order chi connectivity index (χ1) is 16.4. The van der Waals surface area contributed by atoms with E-state index in [1.807, 2.05) is 25.1 Å². The summed E-state index contributed by atoms with van der Waals surface area (Å²) in [6, 6.07) is 11.2. The zero-order valence-corrected chi connectivity index (χ0v) is 19.8. The van der Waals surface area contributed by atoms with Gasteiger partial charge < -0.3 is 25.0 Å². The summed E-state index contributed by atoms with van der Waals surface area (Å²) in [6.45, 7) is 1.94. The van der Waals surface area contributed by atoms with Gasteiger partial charge in [-0.05, 0) is 49.6 Å². The number of hydrogen-bond donors (Lipinski definition) is 2. The van der Waals surface area contributed by atoms with Gasteiger partial charge in [-0.2, -0.15) is 0 Å². The van der Waals surface area contributed by atoms with Crippen LogP contribution in [-0.4, -0.2) is 55.0 Å². The molecule has 2 aromatic rings. The Kier molecular flexibility index (Phi) is 7.05. The summed E-state index contributed by atoms with van der Waals surface area (Å²) in [5, 5.41) is 5.93. The number of nitrogens with one attached hydrogen (secondary N) is 2. The molecule has 0 spiro atoms. The van der Waals surface area contributed by atoms with Gasteiger partial charge >= 0.3 is 0 Å². The van der Waals surface area contributed by atoms with E-state index >= 15 is 0 Å². The molecule has 2 N–H and O–H groups in total. The fraction of sp³-hybridized carbons (Fsp3) is 0.423. The minimum Gasteiger partial charge on any atom is -0.497 e. The molecular weight excluding hydrogens is 434 g/mol. The summed E-state index contributed by atoms with van der Waals surface area (Å²) < 4.78 is 10.7. The number of fused-ring (bicyclic) bond motifs is 1. The van der Waals surface area contributed by atoms with Crippen LogP contribution in [-0.2, 0) is 9.59 Å². The molecule has 0 unspecified atom stereocenters. The third kappa shape index (κ3) is 5.00. The molecule has 1 saturated carbocycles. The smallest absolute Gasteiger partial charge is 0.255 e. The number of amides is 3. The SMILES string of the molecule is COc1cc(OC)cc(C(=O)N2[C@H](CC(=O)Nc3cccc(C)c3)C(=O)N[C@H]3CCCC[C@H]32)c1. The largest absolute Gasteiger partial charge is 0.497 e. The number of methoxy groups -OCH3 is 2. The number of hydrogen-bond acceptors (Lipinski definition) is 5. The van der Waals surface area contributed by atoms with Crippen LogP contribution in [0.1, 0.15) is 48.0 Å². The van der Waals surface area contributed by atoms with Crippen LogP contribution < -0.4 is 20.1 Å². The number of piperazine rings is 1. The molecule has 180 valence electrons. The van der Waals surface area contributed by atoms with E-state index in [1.54, 1.807) is 29.2 Å². The predicted molar refractivity (Wildman–Crippen MR) is 128 cm³/mol. The highest BCUT2D eigenvalue weighted by molar-refractivity contribution is 6.02. The lowest BCUT2D eigenvalue weighted by atomic mass is 9.84. The van der Waals surface area contributed by atoms with Gasteiger partial charge in [0.05, 0.1) is 26.7 Å². The van der Waals surface area contributed by atoms with Gasteiger partial charge in [-0.3, -0.25) is 14.4 Å². The number of rotatable bonds is 6. The van der Waals surface area contributed by atoms with E-state index < -0.39 is 6.04 Å². The molecule has 1 saturated heterocycles. The van der Waals surface area contributed by atoms with Gasteiger partial charge in [0.25, 0.3) is 5.91 Å². The van der Waals surface area contributed by atoms with Crippen molar-refractivity contribution in [2.24, 2.45) is 0 Å². The van der Waals surface area contributed by atoms with Crippen LogP contribution in [0.4, 0.5) is 5.69 Å². The molecule has 3 amide bonds. The van der Waals surface area contributed by atoms with Gasteiger partial charge in [-0.15, -0.1) is 0 Å². The summed E-state index contributed by atoms with van der Waals surface area (Å²) in [6.07, 6.45) is 3.41. The lowest BCUT2D eigenvalue weighted by Gasteiger charge is -2.48. The summed E-state index contributed by atoms with van der Waals surface area (Å²) >= 11 is 0. The maximum atomic E-state index is 13.8. The molecule has 0 aromatic heterocycles.